The number of rotatable bonds is 4. The number of anilines is 2. The van der Waals surface area contributed by atoms with Gasteiger partial charge in [-0.1, -0.05) is 32.0 Å². The maximum Gasteiger partial charge on any atom is 0.257 e. The van der Waals surface area contributed by atoms with Gasteiger partial charge in [0.2, 0.25) is 0 Å². The number of piperidine rings is 1. The predicted octanol–water partition coefficient (Wildman–Crippen LogP) is 5.37. The minimum absolute atomic E-state index is 0.0788. The highest BCUT2D eigenvalue weighted by molar-refractivity contribution is 7.19. The van der Waals surface area contributed by atoms with Crippen LogP contribution in [-0.2, 0) is 0 Å². The number of aromatic nitrogens is 2. The molecule has 0 saturated carbocycles. The van der Waals surface area contributed by atoms with Crippen LogP contribution < -0.4 is 10.2 Å². The van der Waals surface area contributed by atoms with Crippen molar-refractivity contribution in [3.8, 4) is 0 Å². The average molecular weight is 395 g/mol. The summed E-state index contributed by atoms with van der Waals surface area (Å²) in [6, 6.07) is 8.02. The Morgan fingerprint density at radius 3 is 2.64 bits per heavy atom. The van der Waals surface area contributed by atoms with Gasteiger partial charge >= 0.3 is 0 Å². The molecule has 4 rings (SSSR count). The van der Waals surface area contributed by atoms with E-state index in [1.165, 1.54) is 6.42 Å². The molecule has 5 nitrogen and oxygen atoms in total. The first kappa shape index (κ1) is 18.9. The number of amides is 1. The normalized spacial score (nSPS) is 14.6. The summed E-state index contributed by atoms with van der Waals surface area (Å²) in [5.41, 5.74) is 2.72. The van der Waals surface area contributed by atoms with Gasteiger partial charge in [-0.25, -0.2) is 9.97 Å². The van der Waals surface area contributed by atoms with Crippen molar-refractivity contribution in [2.75, 3.05) is 23.3 Å². The number of aryl methyl sites for hydroxylation is 1. The fourth-order valence-electron chi connectivity index (χ4n) is 3.95. The highest BCUT2D eigenvalue weighted by Crippen LogP contribution is 2.36. The van der Waals surface area contributed by atoms with Crippen LogP contribution in [0.2, 0.25) is 0 Å². The van der Waals surface area contributed by atoms with Crippen LogP contribution in [0.25, 0.3) is 10.2 Å². The number of thiophene rings is 1. The number of nitrogens with one attached hydrogen (secondary N) is 1. The largest absolute Gasteiger partial charge is 0.356 e. The Morgan fingerprint density at radius 2 is 1.89 bits per heavy atom. The molecule has 3 aromatic rings. The summed E-state index contributed by atoms with van der Waals surface area (Å²) in [6.07, 6.45) is 5.21. The lowest BCUT2D eigenvalue weighted by atomic mass is 10.0. The van der Waals surface area contributed by atoms with Crippen molar-refractivity contribution in [1.29, 1.82) is 0 Å². The molecule has 1 N–H and O–H groups in total. The summed E-state index contributed by atoms with van der Waals surface area (Å²) in [6.45, 7) is 8.24. The van der Waals surface area contributed by atoms with Gasteiger partial charge < -0.3 is 10.2 Å². The van der Waals surface area contributed by atoms with E-state index in [-0.39, 0.29) is 5.91 Å². The third kappa shape index (κ3) is 3.49. The maximum absolute atomic E-state index is 13.3. The zero-order valence-electron chi connectivity index (χ0n) is 16.7. The quantitative estimate of drug-likeness (QED) is 0.647. The van der Waals surface area contributed by atoms with E-state index in [0.29, 0.717) is 11.5 Å². The number of fused-ring (bicyclic) bond motifs is 1. The zero-order valence-corrected chi connectivity index (χ0v) is 17.5. The van der Waals surface area contributed by atoms with Crippen molar-refractivity contribution in [1.82, 2.24) is 9.97 Å². The molecule has 2 aromatic heterocycles. The summed E-state index contributed by atoms with van der Waals surface area (Å²) in [7, 11) is 0. The molecule has 0 unspecified atom stereocenters. The summed E-state index contributed by atoms with van der Waals surface area (Å²) < 4.78 is 0. The molecular weight excluding hydrogens is 368 g/mol. The summed E-state index contributed by atoms with van der Waals surface area (Å²) in [5, 5.41) is 4.05. The molecule has 1 aliphatic rings. The lowest BCUT2D eigenvalue weighted by Gasteiger charge is -2.28. The second kappa shape index (κ2) is 7.87. The second-order valence-electron chi connectivity index (χ2n) is 7.65. The fraction of sp³-hybridized carbons (Fsp3) is 0.409. The molecule has 1 aliphatic heterocycles. The van der Waals surface area contributed by atoms with Gasteiger partial charge in [0.05, 0.1) is 10.9 Å². The van der Waals surface area contributed by atoms with Gasteiger partial charge in [0.1, 0.15) is 17.0 Å². The lowest BCUT2D eigenvalue weighted by Crippen LogP contribution is -2.30. The Kier molecular flexibility index (Phi) is 5.31. The Labute approximate surface area is 169 Å². The van der Waals surface area contributed by atoms with Gasteiger partial charge in [-0.15, -0.1) is 11.3 Å². The lowest BCUT2D eigenvalue weighted by molar-refractivity contribution is 0.102. The molecule has 1 saturated heterocycles. The highest BCUT2D eigenvalue weighted by Gasteiger charge is 2.25. The number of nitrogens with zero attached hydrogens (tertiary/aromatic N) is 3. The first-order chi connectivity index (χ1) is 13.6. The SMILES string of the molecule is Cc1sc2ncnc(N3CCCCC3)c2c1C(=O)Nc1ccccc1C(C)C. The number of hydrogen-bond donors (Lipinski definition) is 1. The number of carbonyl (C=O) groups is 1. The first-order valence-electron chi connectivity index (χ1n) is 9.95. The molecule has 0 spiro atoms. The smallest absolute Gasteiger partial charge is 0.257 e. The minimum atomic E-state index is -0.0788. The molecule has 0 bridgehead atoms. The average Bonchev–Trinajstić information content (AvgIpc) is 3.04. The van der Waals surface area contributed by atoms with Gasteiger partial charge in [0, 0.05) is 23.7 Å². The van der Waals surface area contributed by atoms with Gasteiger partial charge in [0.25, 0.3) is 5.91 Å². The van der Waals surface area contributed by atoms with E-state index in [1.54, 1.807) is 17.7 Å². The van der Waals surface area contributed by atoms with E-state index in [4.69, 9.17) is 0 Å². The molecule has 0 radical (unpaired) electrons. The summed E-state index contributed by atoms with van der Waals surface area (Å²) >= 11 is 1.57. The third-order valence-corrected chi connectivity index (χ3v) is 6.37. The number of hydrogen-bond acceptors (Lipinski definition) is 5. The second-order valence-corrected chi connectivity index (χ2v) is 8.86. The molecule has 0 atom stereocenters. The summed E-state index contributed by atoms with van der Waals surface area (Å²) in [4.78, 5) is 26.5. The van der Waals surface area contributed by atoms with Crippen LogP contribution in [0.1, 0.15) is 59.8 Å². The van der Waals surface area contributed by atoms with Gasteiger partial charge in [-0.05, 0) is 43.7 Å². The minimum Gasteiger partial charge on any atom is -0.356 e. The Balaban J connectivity index is 1.76. The van der Waals surface area contributed by atoms with E-state index in [9.17, 15) is 4.79 Å². The molecule has 1 aromatic carbocycles. The predicted molar refractivity (Wildman–Crippen MR) is 117 cm³/mol. The van der Waals surface area contributed by atoms with E-state index >= 15 is 0 Å². The third-order valence-electron chi connectivity index (χ3n) is 5.36. The first-order valence-corrected chi connectivity index (χ1v) is 10.8. The number of para-hydroxylation sites is 1. The summed E-state index contributed by atoms with van der Waals surface area (Å²) in [5.74, 6) is 1.16. The molecule has 1 amide bonds. The molecule has 1 fully saturated rings. The highest BCUT2D eigenvalue weighted by atomic mass is 32.1. The van der Waals surface area contributed by atoms with Crippen LogP contribution in [0.5, 0.6) is 0 Å². The van der Waals surface area contributed by atoms with Crippen molar-refractivity contribution < 1.29 is 4.79 Å². The molecule has 28 heavy (non-hydrogen) atoms. The van der Waals surface area contributed by atoms with E-state index in [1.807, 2.05) is 25.1 Å². The Bertz CT molecular complexity index is 1000. The Morgan fingerprint density at radius 1 is 1.14 bits per heavy atom. The molecular formula is C22H26N4OS. The van der Waals surface area contributed by atoms with Gasteiger partial charge in [-0.2, -0.15) is 0 Å². The monoisotopic (exact) mass is 394 g/mol. The van der Waals surface area contributed by atoms with E-state index in [2.05, 4.69) is 40.1 Å². The van der Waals surface area contributed by atoms with Crippen LogP contribution in [0.15, 0.2) is 30.6 Å². The fourth-order valence-corrected chi connectivity index (χ4v) is 4.93. The van der Waals surface area contributed by atoms with Crippen LogP contribution >= 0.6 is 11.3 Å². The van der Waals surface area contributed by atoms with Crippen LogP contribution in [0, 0.1) is 6.92 Å². The van der Waals surface area contributed by atoms with Crippen LogP contribution in [0.4, 0.5) is 11.5 Å². The molecule has 3 heterocycles. The topological polar surface area (TPSA) is 58.1 Å². The molecule has 6 heteroatoms. The van der Waals surface area contributed by atoms with Gasteiger partial charge in [-0.3, -0.25) is 4.79 Å². The van der Waals surface area contributed by atoms with Crippen LogP contribution in [0.3, 0.4) is 0 Å². The van der Waals surface area contributed by atoms with Crippen molar-refractivity contribution in [3.05, 3.63) is 46.6 Å². The maximum atomic E-state index is 13.3. The van der Waals surface area contributed by atoms with E-state index in [0.717, 1.165) is 58.1 Å². The molecule has 146 valence electrons. The number of carbonyl (C=O) groups excluding carboxylic acids is 1. The van der Waals surface area contributed by atoms with Crippen molar-refractivity contribution in [3.63, 3.8) is 0 Å². The molecule has 0 aliphatic carbocycles. The number of benzene rings is 1. The van der Waals surface area contributed by atoms with Crippen molar-refractivity contribution >= 4 is 39.0 Å². The standard InChI is InChI=1S/C22H26N4OS/c1-14(2)16-9-5-6-10-17(16)25-21(27)18-15(3)28-22-19(18)20(23-13-24-22)26-11-7-4-8-12-26/h5-6,9-10,13-14H,4,7-8,11-12H2,1-3H3,(H,25,27). The van der Waals surface area contributed by atoms with Gasteiger partial charge in [0.15, 0.2) is 0 Å². The zero-order chi connectivity index (χ0) is 19.7. The van der Waals surface area contributed by atoms with Crippen molar-refractivity contribution in [2.24, 2.45) is 0 Å². The van der Waals surface area contributed by atoms with E-state index < -0.39 is 0 Å². The van der Waals surface area contributed by atoms with Crippen LogP contribution in [-0.4, -0.2) is 29.0 Å². The Hall–Kier alpha value is -2.47. The van der Waals surface area contributed by atoms with Crippen molar-refractivity contribution in [2.45, 2.75) is 46.0 Å².